The Hall–Kier alpha value is -4.11. The number of carbonyl (C=O) groups excluding carboxylic acids is 1. The van der Waals surface area contributed by atoms with Gasteiger partial charge in [-0.15, -0.1) is 0 Å². The SMILES string of the molecule is Cc1ccccc1C#Cc1cc(C(=O)NCCCc2cn[nH]c2)ccc1-n1cccn1. The van der Waals surface area contributed by atoms with E-state index in [-0.39, 0.29) is 5.91 Å². The highest BCUT2D eigenvalue weighted by Crippen LogP contribution is 2.16. The molecule has 2 aromatic carbocycles. The lowest BCUT2D eigenvalue weighted by molar-refractivity contribution is 0.0953. The molecule has 0 fully saturated rings. The van der Waals surface area contributed by atoms with Gasteiger partial charge in [0.25, 0.3) is 5.91 Å². The van der Waals surface area contributed by atoms with Crippen LogP contribution in [-0.2, 0) is 6.42 Å². The van der Waals surface area contributed by atoms with E-state index in [1.54, 1.807) is 23.1 Å². The van der Waals surface area contributed by atoms with E-state index in [9.17, 15) is 4.79 Å². The van der Waals surface area contributed by atoms with Gasteiger partial charge in [-0.1, -0.05) is 30.0 Å². The minimum Gasteiger partial charge on any atom is -0.352 e. The monoisotopic (exact) mass is 409 g/mol. The Labute approximate surface area is 181 Å². The zero-order valence-electron chi connectivity index (χ0n) is 17.3. The molecule has 2 N–H and O–H groups in total. The quantitative estimate of drug-likeness (QED) is 0.377. The Morgan fingerprint density at radius 3 is 2.77 bits per heavy atom. The molecule has 0 aliphatic carbocycles. The molecule has 0 saturated carbocycles. The molecule has 0 atom stereocenters. The molecule has 0 unspecified atom stereocenters. The smallest absolute Gasteiger partial charge is 0.251 e. The summed E-state index contributed by atoms with van der Waals surface area (Å²) in [5.74, 6) is 6.36. The van der Waals surface area contributed by atoms with Crippen LogP contribution in [0.5, 0.6) is 0 Å². The van der Waals surface area contributed by atoms with E-state index in [0.717, 1.165) is 40.8 Å². The van der Waals surface area contributed by atoms with Crippen molar-refractivity contribution >= 4 is 5.91 Å². The first kappa shape index (κ1) is 20.2. The highest BCUT2D eigenvalue weighted by Gasteiger charge is 2.10. The number of H-pyrrole nitrogens is 1. The predicted octanol–water partition coefficient (Wildman–Crippen LogP) is 3.67. The average Bonchev–Trinajstić information content (AvgIpc) is 3.50. The number of amides is 1. The summed E-state index contributed by atoms with van der Waals surface area (Å²) in [7, 11) is 0. The zero-order valence-corrected chi connectivity index (χ0v) is 17.3. The summed E-state index contributed by atoms with van der Waals surface area (Å²) in [6.45, 7) is 2.63. The van der Waals surface area contributed by atoms with Gasteiger partial charge in [0, 0.05) is 36.3 Å². The molecule has 6 nitrogen and oxygen atoms in total. The highest BCUT2D eigenvalue weighted by molar-refractivity contribution is 5.95. The fourth-order valence-corrected chi connectivity index (χ4v) is 3.25. The minimum absolute atomic E-state index is 0.113. The molecule has 2 aromatic heterocycles. The second-order valence-electron chi connectivity index (χ2n) is 7.21. The number of rotatable bonds is 6. The van der Waals surface area contributed by atoms with Crippen LogP contribution in [0, 0.1) is 18.8 Å². The van der Waals surface area contributed by atoms with Crippen molar-refractivity contribution in [3.05, 3.63) is 101 Å². The summed E-state index contributed by atoms with van der Waals surface area (Å²) >= 11 is 0. The molecule has 31 heavy (non-hydrogen) atoms. The first-order valence-electron chi connectivity index (χ1n) is 10.2. The van der Waals surface area contributed by atoms with Gasteiger partial charge in [0.15, 0.2) is 0 Å². The molecular weight excluding hydrogens is 386 g/mol. The molecule has 4 rings (SSSR count). The molecule has 0 radical (unpaired) electrons. The predicted molar refractivity (Wildman–Crippen MR) is 120 cm³/mol. The summed E-state index contributed by atoms with van der Waals surface area (Å²) in [6.07, 6.45) is 8.96. The van der Waals surface area contributed by atoms with Crippen molar-refractivity contribution in [2.45, 2.75) is 19.8 Å². The van der Waals surface area contributed by atoms with Crippen LogP contribution in [0.25, 0.3) is 5.69 Å². The summed E-state index contributed by atoms with van der Waals surface area (Å²) in [5.41, 5.74) is 5.37. The van der Waals surface area contributed by atoms with Crippen molar-refractivity contribution in [1.29, 1.82) is 0 Å². The number of carbonyl (C=O) groups is 1. The van der Waals surface area contributed by atoms with Crippen molar-refractivity contribution < 1.29 is 4.79 Å². The zero-order chi connectivity index (χ0) is 21.5. The number of aromatic amines is 1. The van der Waals surface area contributed by atoms with E-state index >= 15 is 0 Å². The van der Waals surface area contributed by atoms with Gasteiger partial charge >= 0.3 is 0 Å². The maximum Gasteiger partial charge on any atom is 0.251 e. The highest BCUT2D eigenvalue weighted by atomic mass is 16.1. The third-order valence-electron chi connectivity index (χ3n) is 4.97. The van der Waals surface area contributed by atoms with E-state index in [1.807, 2.05) is 61.8 Å². The molecule has 0 aliphatic heterocycles. The van der Waals surface area contributed by atoms with Crippen LogP contribution in [0.2, 0.25) is 0 Å². The van der Waals surface area contributed by atoms with E-state index in [4.69, 9.17) is 0 Å². The minimum atomic E-state index is -0.113. The van der Waals surface area contributed by atoms with Crippen LogP contribution in [0.15, 0.2) is 73.3 Å². The summed E-state index contributed by atoms with van der Waals surface area (Å²) in [6, 6.07) is 15.4. The third-order valence-corrected chi connectivity index (χ3v) is 4.97. The molecule has 1 amide bonds. The first-order chi connectivity index (χ1) is 15.2. The van der Waals surface area contributed by atoms with Crippen molar-refractivity contribution in [2.75, 3.05) is 6.54 Å². The Morgan fingerprint density at radius 2 is 2.00 bits per heavy atom. The molecule has 2 heterocycles. The van der Waals surface area contributed by atoms with E-state index in [2.05, 4.69) is 32.5 Å². The van der Waals surface area contributed by atoms with Crippen LogP contribution in [0.1, 0.15) is 39.0 Å². The van der Waals surface area contributed by atoms with Crippen LogP contribution in [-0.4, -0.2) is 32.4 Å². The lowest BCUT2D eigenvalue weighted by Gasteiger charge is -2.09. The van der Waals surface area contributed by atoms with Crippen LogP contribution < -0.4 is 5.32 Å². The fraction of sp³-hybridized carbons (Fsp3) is 0.160. The maximum absolute atomic E-state index is 12.7. The number of hydrogen-bond donors (Lipinski definition) is 2. The van der Waals surface area contributed by atoms with Gasteiger partial charge in [0.1, 0.15) is 0 Å². The molecule has 6 heteroatoms. The van der Waals surface area contributed by atoms with Gasteiger partial charge in [-0.2, -0.15) is 10.2 Å². The van der Waals surface area contributed by atoms with Crippen LogP contribution in [0.4, 0.5) is 0 Å². The lowest BCUT2D eigenvalue weighted by atomic mass is 10.1. The number of benzene rings is 2. The van der Waals surface area contributed by atoms with Gasteiger partial charge in [-0.3, -0.25) is 9.89 Å². The topological polar surface area (TPSA) is 75.6 Å². The lowest BCUT2D eigenvalue weighted by Crippen LogP contribution is -2.25. The third kappa shape index (κ3) is 5.09. The normalized spacial score (nSPS) is 10.4. The first-order valence-corrected chi connectivity index (χ1v) is 10.2. The summed E-state index contributed by atoms with van der Waals surface area (Å²) < 4.78 is 1.76. The molecule has 154 valence electrons. The van der Waals surface area contributed by atoms with Gasteiger partial charge in [0.2, 0.25) is 0 Å². The average molecular weight is 409 g/mol. The van der Waals surface area contributed by atoms with E-state index < -0.39 is 0 Å². The number of aryl methyl sites for hydroxylation is 2. The molecule has 0 aliphatic rings. The Bertz CT molecular complexity index is 1210. The Kier molecular flexibility index (Phi) is 6.24. The van der Waals surface area contributed by atoms with Crippen molar-refractivity contribution in [3.8, 4) is 17.5 Å². The van der Waals surface area contributed by atoms with Gasteiger partial charge in [-0.05, 0) is 61.2 Å². The second kappa shape index (κ2) is 9.59. The Balaban J connectivity index is 1.53. The second-order valence-corrected chi connectivity index (χ2v) is 7.21. The van der Waals surface area contributed by atoms with Crippen molar-refractivity contribution in [2.24, 2.45) is 0 Å². The molecule has 4 aromatic rings. The van der Waals surface area contributed by atoms with Gasteiger partial charge < -0.3 is 5.32 Å². The van der Waals surface area contributed by atoms with Crippen molar-refractivity contribution in [1.82, 2.24) is 25.3 Å². The number of nitrogens with one attached hydrogen (secondary N) is 2. The molecule has 0 saturated heterocycles. The van der Waals surface area contributed by atoms with Crippen LogP contribution >= 0.6 is 0 Å². The standard InChI is InChI=1S/C25H23N5O/c1-19-6-2-3-8-21(19)9-10-22-16-23(11-12-24(22)30-15-5-14-29-30)25(31)26-13-4-7-20-17-27-28-18-20/h2-3,5-6,8,11-12,14-18H,4,7,13H2,1H3,(H,26,31)(H,27,28). The fourth-order valence-electron chi connectivity index (χ4n) is 3.25. The Morgan fingerprint density at radius 1 is 1.13 bits per heavy atom. The largest absolute Gasteiger partial charge is 0.352 e. The van der Waals surface area contributed by atoms with Crippen molar-refractivity contribution in [3.63, 3.8) is 0 Å². The molecular formula is C25H23N5O. The maximum atomic E-state index is 12.7. The number of hydrogen-bond acceptors (Lipinski definition) is 3. The van der Waals surface area contributed by atoms with Gasteiger partial charge in [0.05, 0.1) is 17.4 Å². The van der Waals surface area contributed by atoms with Crippen LogP contribution in [0.3, 0.4) is 0 Å². The molecule has 0 bridgehead atoms. The number of nitrogens with zero attached hydrogens (tertiary/aromatic N) is 3. The van der Waals surface area contributed by atoms with E-state index in [1.165, 1.54) is 0 Å². The summed E-state index contributed by atoms with van der Waals surface area (Å²) in [4.78, 5) is 12.7. The van der Waals surface area contributed by atoms with E-state index in [0.29, 0.717) is 12.1 Å². The molecule has 0 spiro atoms. The number of aromatic nitrogens is 4. The van der Waals surface area contributed by atoms with Gasteiger partial charge in [-0.25, -0.2) is 4.68 Å². The summed E-state index contributed by atoms with van der Waals surface area (Å²) in [5, 5.41) is 14.0.